The zero-order valence-electron chi connectivity index (χ0n) is 74.6. The summed E-state index contributed by atoms with van der Waals surface area (Å²) in [6.07, 6.45) is 8.31. The van der Waals surface area contributed by atoms with Gasteiger partial charge >= 0.3 is 0 Å². The average molecular weight is 1500 g/mol. The van der Waals surface area contributed by atoms with E-state index in [0.29, 0.717) is 28.2 Å². The highest BCUT2D eigenvalue weighted by Crippen LogP contribution is 2.40. The highest BCUT2D eigenvalue weighted by molar-refractivity contribution is 5.95. The van der Waals surface area contributed by atoms with Crippen molar-refractivity contribution < 1.29 is 35.7 Å². The second kappa shape index (κ2) is 33.8. The van der Waals surface area contributed by atoms with E-state index in [1.807, 2.05) is 82.9 Å². The Morgan fingerprint density at radius 1 is 0.336 bits per heavy atom. The van der Waals surface area contributed by atoms with E-state index in [4.69, 9.17) is 4.11 Å². The first-order chi connectivity index (χ1) is 55.0. The van der Waals surface area contributed by atoms with Gasteiger partial charge in [0.2, 0.25) is 50.5 Å². The third-order valence-corrected chi connectivity index (χ3v) is 24.5. The van der Waals surface area contributed by atoms with Gasteiger partial charge in [0.05, 0.1) is 16.3 Å². The molecule has 16 rings (SSSR count). The molecule has 0 aliphatic heterocycles. The molecular formula is C106H118F2N5+5. The second-order valence-corrected chi connectivity index (χ2v) is 32.6. The van der Waals surface area contributed by atoms with Crippen molar-refractivity contribution in [3.05, 3.63) is 323 Å². The van der Waals surface area contributed by atoms with Gasteiger partial charge in [0, 0.05) is 97.1 Å². The highest BCUT2D eigenvalue weighted by atomic mass is 19.1. The number of nitrogens with zero attached hydrogens (tertiary/aromatic N) is 5. The van der Waals surface area contributed by atoms with Gasteiger partial charge in [-0.1, -0.05) is 115 Å². The molecular weight excluding hydrogens is 1380 g/mol. The van der Waals surface area contributed by atoms with Crippen molar-refractivity contribution in [2.24, 2.45) is 35.2 Å². The Labute approximate surface area is 676 Å². The molecule has 7 heteroatoms. The average Bonchev–Trinajstić information content (AvgIpc) is 0.836. The number of rotatable bonds is 7. The predicted molar refractivity (Wildman–Crippen MR) is 473 cm³/mol. The zero-order chi connectivity index (χ0) is 84.0. The number of aromatic nitrogens is 5. The third-order valence-electron chi connectivity index (χ3n) is 24.5. The van der Waals surface area contributed by atoms with Crippen molar-refractivity contribution in [3.63, 3.8) is 0 Å². The number of hydrogen-bond acceptors (Lipinski definition) is 0. The quantitative estimate of drug-likeness (QED) is 0.142. The normalized spacial score (nSPS) is 12.6. The number of benzene rings is 10. The van der Waals surface area contributed by atoms with Crippen LogP contribution in [0, 0.1) is 143 Å². The molecule has 0 unspecified atom stereocenters. The van der Waals surface area contributed by atoms with Crippen LogP contribution in [0.3, 0.4) is 0 Å². The van der Waals surface area contributed by atoms with Crippen LogP contribution < -0.4 is 22.8 Å². The fourth-order valence-corrected chi connectivity index (χ4v) is 17.5. The van der Waals surface area contributed by atoms with Crippen LogP contribution in [0.25, 0.3) is 111 Å². The molecule has 10 aromatic carbocycles. The predicted octanol–water partition coefficient (Wildman–Crippen LogP) is 25.0. The van der Waals surface area contributed by atoms with Crippen molar-refractivity contribution in [2.75, 3.05) is 0 Å². The molecule has 1 saturated carbocycles. The van der Waals surface area contributed by atoms with E-state index in [1.54, 1.807) is 19.9 Å². The largest absolute Gasteiger partial charge is 0.223 e. The monoisotopic (exact) mass is 1500 g/mol. The number of pyridine rings is 5. The second-order valence-electron chi connectivity index (χ2n) is 32.6. The Morgan fingerprint density at radius 3 is 1.32 bits per heavy atom. The lowest BCUT2D eigenvalue weighted by molar-refractivity contribution is -0.659. The van der Waals surface area contributed by atoms with E-state index in [-0.39, 0.29) is 11.6 Å². The third kappa shape index (κ3) is 16.5. The van der Waals surface area contributed by atoms with Crippen molar-refractivity contribution in [2.45, 2.75) is 176 Å². The minimum absolute atomic E-state index is 0.0949. The molecule has 0 radical (unpaired) electrons. The molecule has 1 aliphatic carbocycles. The van der Waals surface area contributed by atoms with Crippen LogP contribution in [0.2, 0.25) is 0 Å². The van der Waals surface area contributed by atoms with Gasteiger partial charge in [-0.2, -0.15) is 18.3 Å². The molecule has 1 aliphatic rings. The summed E-state index contributed by atoms with van der Waals surface area (Å²) in [4.78, 5) is 0. The molecule has 0 saturated heterocycles. The van der Waals surface area contributed by atoms with Crippen LogP contribution in [-0.4, -0.2) is 0 Å². The summed E-state index contributed by atoms with van der Waals surface area (Å²) in [6, 6.07) is 67.1. The molecule has 0 spiro atoms. The Kier molecular flexibility index (Phi) is 23.2. The Morgan fingerprint density at radius 2 is 0.770 bits per heavy atom. The summed E-state index contributed by atoms with van der Waals surface area (Å²) in [5.41, 5.74) is 39.9. The maximum atomic E-state index is 15.2. The maximum absolute atomic E-state index is 15.2. The van der Waals surface area contributed by atoms with E-state index in [0.717, 1.165) is 67.5 Å². The van der Waals surface area contributed by atoms with Crippen molar-refractivity contribution >= 4 is 54.4 Å². The summed E-state index contributed by atoms with van der Waals surface area (Å²) >= 11 is 0. The van der Waals surface area contributed by atoms with Crippen LogP contribution in [0.15, 0.2) is 194 Å². The molecule has 5 aromatic heterocycles. The van der Waals surface area contributed by atoms with Crippen molar-refractivity contribution in [1.82, 2.24) is 0 Å². The molecule has 5 nitrogen and oxygen atoms in total. The summed E-state index contributed by atoms with van der Waals surface area (Å²) < 4.78 is 64.0. The smallest absolute Gasteiger partial charge is 0.206 e. The number of hydrogen-bond donors (Lipinski definition) is 0. The molecule has 15 aromatic rings. The van der Waals surface area contributed by atoms with E-state index in [2.05, 4.69) is 281 Å². The molecule has 1 fully saturated rings. The highest BCUT2D eigenvalue weighted by Gasteiger charge is 2.28. The minimum atomic E-state index is -2.16. The van der Waals surface area contributed by atoms with Gasteiger partial charge in [0.25, 0.3) is 0 Å². The Hall–Kier alpha value is -10.9. The van der Waals surface area contributed by atoms with Gasteiger partial charge in [0.1, 0.15) is 46.9 Å². The minimum Gasteiger partial charge on any atom is -0.206 e. The van der Waals surface area contributed by atoms with Gasteiger partial charge < -0.3 is 0 Å². The number of para-hydroxylation sites is 1. The van der Waals surface area contributed by atoms with Gasteiger partial charge in [-0.05, 0) is 317 Å². The molecule has 576 valence electrons. The van der Waals surface area contributed by atoms with Gasteiger partial charge in [-0.3, -0.25) is 0 Å². The first-order valence-electron chi connectivity index (χ1n) is 41.8. The van der Waals surface area contributed by atoms with Crippen LogP contribution in [0.5, 0.6) is 0 Å². The lowest BCUT2D eigenvalue weighted by Crippen LogP contribution is -2.32. The molecule has 0 amide bonds. The van der Waals surface area contributed by atoms with Crippen molar-refractivity contribution in [1.29, 1.82) is 0 Å². The number of halogens is 2. The van der Waals surface area contributed by atoms with Gasteiger partial charge in [0.15, 0.2) is 6.20 Å². The van der Waals surface area contributed by atoms with E-state index >= 15 is 4.39 Å². The Bertz CT molecular complexity index is 6350. The molecule has 113 heavy (non-hydrogen) atoms. The van der Waals surface area contributed by atoms with E-state index < -0.39 is 6.85 Å². The molecule has 0 atom stereocenters. The first-order valence-corrected chi connectivity index (χ1v) is 40.3. The van der Waals surface area contributed by atoms with Gasteiger partial charge in [-0.25, -0.2) is 13.3 Å². The SMILES string of the molecule is CCc1cccc2c1ccc(-c1cc(C)cc(C)c1C)[n+]2C.Cc1cc(C)c(C)c(-c2ccc3c(C)cc(C)cc3[n+]2C)c1.Cc1cc(C)c(C)c(-c2ccc3ccccc3[n+]2C)c1.Cc1cc(C)c(F)c(-c2c3cc(C4CCCC4)ccc3cc[n+]2C)c1C.[2H]C([2H])([2H])c1cc(C)cc(-c2ccc3c(C)c(F)c(C)cc3[n+]2C)c1C. The fraction of sp³-hybridized carbons (Fsp3) is 0.292. The maximum Gasteiger partial charge on any atom is 0.223 e. The first kappa shape index (κ1) is 77.4. The lowest BCUT2D eigenvalue weighted by atomic mass is 9.91. The van der Waals surface area contributed by atoms with E-state index in [1.165, 1.54) is 170 Å². The molecule has 0 N–H and O–H groups in total. The standard InChI is InChI=1S/C24H27FN.C21H23FN.2C21H24N.C19H20N/c1-15-13-16(2)23(25)22(17(15)3)24-21-14-20(18-7-5-6-8-18)10-9-19(21)11-12-26(24)4;1-12-9-13(2)15(4)18(10-12)19-8-7-17-16(5)21(22)14(3)11-20(17)23(19)6;1-13-9-15(3)17(5)19(11-13)20-8-7-18-16(4)10-14(2)12-21(18)22(20)6;1-6-17-8-7-9-20-18(17)10-11-21(22(20)5)19-13-14(2)12-15(3)16(19)4;1-13-11-14(2)15(3)17(12-13)19-10-9-16-7-5-6-8-18(16)20(19)4/h9-14,18H,5-8H2,1-4H3;7-11H,1-6H3;7-12H,1-6H3;7-13H,6H2,1-5H3;5-12H,1-4H3/q5*+1/i;2D3;;;. The summed E-state index contributed by atoms with van der Waals surface area (Å²) in [5, 5.41) is 7.17. The number of fused-ring (bicyclic) bond motifs is 5. The zero-order valence-corrected chi connectivity index (χ0v) is 71.6. The van der Waals surface area contributed by atoms with Crippen LogP contribution in [-0.2, 0) is 41.7 Å². The van der Waals surface area contributed by atoms with Crippen LogP contribution in [0.4, 0.5) is 8.78 Å². The van der Waals surface area contributed by atoms with E-state index in [9.17, 15) is 4.39 Å². The van der Waals surface area contributed by atoms with Crippen molar-refractivity contribution in [3.8, 4) is 56.3 Å². The number of aryl methyl sites for hydroxylation is 20. The summed E-state index contributed by atoms with van der Waals surface area (Å²) in [5.74, 6) is 0.382. The van der Waals surface area contributed by atoms with Gasteiger partial charge in [-0.15, -0.1) is 0 Å². The topological polar surface area (TPSA) is 19.4 Å². The molecule has 0 bridgehead atoms. The molecule has 5 heterocycles. The fourth-order valence-electron chi connectivity index (χ4n) is 17.5. The summed E-state index contributed by atoms with van der Waals surface area (Å²) in [6.45, 7) is 37.4. The summed E-state index contributed by atoms with van der Waals surface area (Å²) in [7, 11) is 10.5. The Balaban J connectivity index is 0.000000134. The lowest BCUT2D eigenvalue weighted by Gasteiger charge is -2.15. The van der Waals surface area contributed by atoms with Crippen LogP contribution >= 0.6 is 0 Å². The van der Waals surface area contributed by atoms with Crippen LogP contribution in [0.1, 0.15) is 159 Å².